The average Bonchev–Trinajstić information content (AvgIpc) is 2.32. The van der Waals surface area contributed by atoms with Crippen molar-refractivity contribution >= 4 is 36.2 Å². The van der Waals surface area contributed by atoms with Crippen molar-refractivity contribution in [2.75, 3.05) is 24.2 Å². The first-order valence-corrected chi connectivity index (χ1v) is 3.87. The summed E-state index contributed by atoms with van der Waals surface area (Å²) in [7, 11) is 2.11. The molecule has 4 heteroatoms. The largest absolute Gasteiger partial charge is 0.399 e. The van der Waals surface area contributed by atoms with Crippen molar-refractivity contribution in [2.45, 2.75) is 6.42 Å². The number of anilines is 2. The second-order valence-corrected chi connectivity index (χ2v) is 3.06. The summed E-state index contributed by atoms with van der Waals surface area (Å²) >= 11 is 0. The monoisotopic (exact) mass is 220 g/mol. The van der Waals surface area contributed by atoms with Gasteiger partial charge in [0.25, 0.3) is 0 Å². The van der Waals surface area contributed by atoms with Crippen LogP contribution < -0.4 is 10.6 Å². The topological polar surface area (TPSA) is 29.3 Å². The van der Waals surface area contributed by atoms with Crippen molar-refractivity contribution < 1.29 is 0 Å². The Hall–Kier alpha value is -0.600. The summed E-state index contributed by atoms with van der Waals surface area (Å²) in [5, 5.41) is 0. The third-order valence-corrected chi connectivity index (χ3v) is 2.23. The molecule has 0 bridgehead atoms. The summed E-state index contributed by atoms with van der Waals surface area (Å²) < 4.78 is 0. The summed E-state index contributed by atoms with van der Waals surface area (Å²) in [6, 6.07) is 6.12. The maximum atomic E-state index is 5.66. The van der Waals surface area contributed by atoms with Gasteiger partial charge in [-0.3, -0.25) is 0 Å². The van der Waals surface area contributed by atoms with Gasteiger partial charge in [0, 0.05) is 25.0 Å². The van der Waals surface area contributed by atoms with Gasteiger partial charge in [0.2, 0.25) is 0 Å². The predicted molar refractivity (Wildman–Crippen MR) is 62.3 cm³/mol. The summed E-state index contributed by atoms with van der Waals surface area (Å²) in [4.78, 5) is 2.26. The molecular formula is C9H14Cl2N2. The molecule has 74 valence electrons. The summed E-state index contributed by atoms with van der Waals surface area (Å²) in [5.74, 6) is 0. The van der Waals surface area contributed by atoms with E-state index in [1.165, 1.54) is 11.3 Å². The normalized spacial score (nSPS) is 12.8. The van der Waals surface area contributed by atoms with E-state index in [2.05, 4.69) is 24.1 Å². The number of hydrogen-bond donors (Lipinski definition) is 1. The smallest absolute Gasteiger partial charge is 0.0398 e. The zero-order valence-corrected chi connectivity index (χ0v) is 9.12. The molecule has 0 spiro atoms. The fourth-order valence-electron chi connectivity index (χ4n) is 1.59. The summed E-state index contributed by atoms with van der Waals surface area (Å²) in [6.45, 7) is 1.12. The van der Waals surface area contributed by atoms with Crippen molar-refractivity contribution in [2.24, 2.45) is 0 Å². The van der Waals surface area contributed by atoms with E-state index in [-0.39, 0.29) is 24.8 Å². The van der Waals surface area contributed by atoms with Crippen molar-refractivity contribution in [3.05, 3.63) is 23.8 Å². The molecule has 1 aromatic rings. The van der Waals surface area contributed by atoms with E-state index in [0.29, 0.717) is 0 Å². The first-order valence-electron chi connectivity index (χ1n) is 3.87. The number of hydrogen-bond acceptors (Lipinski definition) is 2. The first kappa shape index (κ1) is 12.4. The third-order valence-electron chi connectivity index (χ3n) is 2.23. The van der Waals surface area contributed by atoms with E-state index in [1.54, 1.807) is 0 Å². The second kappa shape index (κ2) is 4.58. The number of rotatable bonds is 0. The maximum absolute atomic E-state index is 5.66. The van der Waals surface area contributed by atoms with Crippen LogP contribution in [0.25, 0.3) is 0 Å². The van der Waals surface area contributed by atoms with Gasteiger partial charge in [-0.2, -0.15) is 0 Å². The molecule has 2 rings (SSSR count). The Labute approximate surface area is 90.9 Å². The second-order valence-electron chi connectivity index (χ2n) is 3.06. The highest BCUT2D eigenvalue weighted by Gasteiger charge is 2.14. The molecule has 1 aliphatic rings. The molecule has 0 amide bonds. The maximum Gasteiger partial charge on any atom is 0.0398 e. The van der Waals surface area contributed by atoms with E-state index in [9.17, 15) is 0 Å². The zero-order valence-electron chi connectivity index (χ0n) is 7.49. The van der Waals surface area contributed by atoms with Gasteiger partial charge in [-0.25, -0.2) is 0 Å². The molecule has 13 heavy (non-hydrogen) atoms. The SMILES string of the molecule is CN1CCc2cc(N)ccc21.Cl.Cl. The number of nitrogens with zero attached hydrogens (tertiary/aromatic N) is 1. The van der Waals surface area contributed by atoms with Crippen LogP contribution in [0, 0.1) is 0 Å². The van der Waals surface area contributed by atoms with E-state index in [4.69, 9.17) is 5.73 Å². The molecular weight excluding hydrogens is 207 g/mol. The van der Waals surface area contributed by atoms with Gasteiger partial charge in [0.05, 0.1) is 0 Å². The van der Waals surface area contributed by atoms with E-state index >= 15 is 0 Å². The van der Waals surface area contributed by atoms with Crippen LogP contribution in [0.5, 0.6) is 0 Å². The number of nitrogen functional groups attached to an aromatic ring is 1. The average molecular weight is 221 g/mol. The Morgan fingerprint density at radius 3 is 2.69 bits per heavy atom. The highest BCUT2D eigenvalue weighted by molar-refractivity contribution is 5.85. The molecule has 0 atom stereocenters. The third kappa shape index (κ3) is 2.20. The van der Waals surface area contributed by atoms with Crippen LogP contribution in [-0.4, -0.2) is 13.6 Å². The van der Waals surface area contributed by atoms with Crippen molar-refractivity contribution in [3.63, 3.8) is 0 Å². The lowest BCUT2D eigenvalue weighted by atomic mass is 10.1. The molecule has 2 N–H and O–H groups in total. The predicted octanol–water partition coefficient (Wildman–Crippen LogP) is 2.10. The Kier molecular flexibility index (Phi) is 4.37. The van der Waals surface area contributed by atoms with E-state index in [0.717, 1.165) is 18.7 Å². The van der Waals surface area contributed by atoms with Crippen LogP contribution in [0.4, 0.5) is 11.4 Å². The molecule has 0 aromatic heterocycles. The van der Waals surface area contributed by atoms with Gasteiger partial charge in [-0.05, 0) is 30.2 Å². The quantitative estimate of drug-likeness (QED) is 0.680. The molecule has 1 aromatic carbocycles. The molecule has 2 nitrogen and oxygen atoms in total. The standard InChI is InChI=1S/C9H12N2.2ClH/c1-11-5-4-7-6-8(10)2-3-9(7)11;;/h2-3,6H,4-5,10H2,1H3;2*1H. The first-order chi connectivity index (χ1) is 5.27. The van der Waals surface area contributed by atoms with Crippen molar-refractivity contribution in [1.82, 2.24) is 0 Å². The number of likely N-dealkylation sites (N-methyl/N-ethyl adjacent to an activating group) is 1. The van der Waals surface area contributed by atoms with Gasteiger partial charge in [0.1, 0.15) is 0 Å². The van der Waals surface area contributed by atoms with Crippen LogP contribution in [0.3, 0.4) is 0 Å². The fraction of sp³-hybridized carbons (Fsp3) is 0.333. The van der Waals surface area contributed by atoms with Gasteiger partial charge in [-0.1, -0.05) is 0 Å². The highest BCUT2D eigenvalue weighted by atomic mass is 35.5. The van der Waals surface area contributed by atoms with Crippen LogP contribution in [0.15, 0.2) is 18.2 Å². The van der Waals surface area contributed by atoms with Crippen molar-refractivity contribution in [3.8, 4) is 0 Å². The summed E-state index contributed by atoms with van der Waals surface area (Å²) in [6.07, 6.45) is 1.14. The molecule has 0 saturated heterocycles. The van der Waals surface area contributed by atoms with Gasteiger partial charge in [-0.15, -0.1) is 24.8 Å². The molecule has 1 heterocycles. The van der Waals surface area contributed by atoms with E-state index in [1.807, 2.05) is 6.07 Å². The Morgan fingerprint density at radius 1 is 1.31 bits per heavy atom. The molecule has 0 fully saturated rings. The van der Waals surface area contributed by atoms with Crippen LogP contribution in [-0.2, 0) is 6.42 Å². The number of nitrogens with two attached hydrogens (primary N) is 1. The van der Waals surface area contributed by atoms with Gasteiger partial charge >= 0.3 is 0 Å². The molecule has 1 aliphatic heterocycles. The minimum absolute atomic E-state index is 0. The van der Waals surface area contributed by atoms with Crippen LogP contribution >= 0.6 is 24.8 Å². The minimum Gasteiger partial charge on any atom is -0.399 e. The van der Waals surface area contributed by atoms with Gasteiger partial charge in [0.15, 0.2) is 0 Å². The van der Waals surface area contributed by atoms with E-state index < -0.39 is 0 Å². The Balaban J connectivity index is 0.000000720. The summed E-state index contributed by atoms with van der Waals surface area (Å²) in [5.41, 5.74) is 9.25. The number of fused-ring (bicyclic) bond motifs is 1. The van der Waals surface area contributed by atoms with Crippen LogP contribution in [0.1, 0.15) is 5.56 Å². The Bertz CT molecular complexity index is 289. The van der Waals surface area contributed by atoms with Gasteiger partial charge < -0.3 is 10.6 Å². The van der Waals surface area contributed by atoms with Crippen molar-refractivity contribution in [1.29, 1.82) is 0 Å². The number of benzene rings is 1. The highest BCUT2D eigenvalue weighted by Crippen LogP contribution is 2.27. The molecule has 0 radical (unpaired) electrons. The molecule has 0 aliphatic carbocycles. The molecule has 0 saturated carbocycles. The zero-order chi connectivity index (χ0) is 7.84. The minimum atomic E-state index is 0. The Morgan fingerprint density at radius 2 is 2.00 bits per heavy atom. The lowest BCUT2D eigenvalue weighted by Crippen LogP contribution is -2.12. The lowest BCUT2D eigenvalue weighted by Gasteiger charge is -2.11. The van der Waals surface area contributed by atoms with Crippen LogP contribution in [0.2, 0.25) is 0 Å². The number of halogens is 2. The lowest BCUT2D eigenvalue weighted by molar-refractivity contribution is 0.956. The fourth-order valence-corrected chi connectivity index (χ4v) is 1.59. The molecule has 0 unspecified atom stereocenters.